The largest absolute Gasteiger partial charge is 0.486 e. The number of hydrogen-bond acceptors (Lipinski definition) is 3. The van der Waals surface area contributed by atoms with Crippen LogP contribution in [0.1, 0.15) is 18.3 Å². The molecule has 2 aromatic rings. The van der Waals surface area contributed by atoms with Gasteiger partial charge in [0.05, 0.1) is 10.6 Å². The van der Waals surface area contributed by atoms with Gasteiger partial charge in [-0.05, 0) is 19.1 Å². The number of halogens is 1. The number of imidazole rings is 1. The second-order valence-corrected chi connectivity index (χ2v) is 4.08. The topological polar surface area (TPSA) is 50.8 Å². The molecule has 92 valence electrons. The summed E-state index contributed by atoms with van der Waals surface area (Å²) in [5.41, 5.74) is 0.444. The van der Waals surface area contributed by atoms with Crippen LogP contribution in [0.25, 0.3) is 0 Å². The van der Waals surface area contributed by atoms with Crippen LogP contribution in [0.3, 0.4) is 0 Å². The summed E-state index contributed by atoms with van der Waals surface area (Å²) in [5, 5.41) is 9.17. The minimum atomic E-state index is 0.378. The molecular formula is C13H12ClN3O. The Kier molecular flexibility index (Phi) is 3.85. The molecule has 0 N–H and O–H groups in total. The van der Waals surface area contributed by atoms with Crippen LogP contribution in [0.4, 0.5) is 0 Å². The average molecular weight is 262 g/mol. The third-order valence-corrected chi connectivity index (χ3v) is 2.88. The number of rotatable bonds is 4. The molecule has 2 rings (SSSR count). The second-order valence-electron chi connectivity index (χ2n) is 3.67. The first-order valence-corrected chi connectivity index (χ1v) is 5.95. The molecule has 0 fully saturated rings. The monoisotopic (exact) mass is 261 g/mol. The lowest BCUT2D eigenvalue weighted by atomic mass is 10.2. The molecule has 0 saturated heterocycles. The zero-order chi connectivity index (χ0) is 13.0. The first-order chi connectivity index (χ1) is 8.74. The van der Waals surface area contributed by atoms with Crippen molar-refractivity contribution < 1.29 is 4.74 Å². The van der Waals surface area contributed by atoms with E-state index in [4.69, 9.17) is 21.6 Å². The molecule has 0 aliphatic carbocycles. The minimum absolute atomic E-state index is 0.378. The first kappa shape index (κ1) is 12.5. The van der Waals surface area contributed by atoms with E-state index in [1.54, 1.807) is 24.4 Å². The number of aryl methyl sites for hydroxylation is 1. The number of nitriles is 1. The van der Waals surface area contributed by atoms with E-state index < -0.39 is 0 Å². The van der Waals surface area contributed by atoms with Crippen LogP contribution in [0.15, 0.2) is 30.6 Å². The Morgan fingerprint density at radius 3 is 3.00 bits per heavy atom. The third kappa shape index (κ3) is 2.63. The highest BCUT2D eigenvalue weighted by Gasteiger charge is 2.05. The maximum atomic E-state index is 8.77. The Morgan fingerprint density at radius 2 is 2.33 bits per heavy atom. The van der Waals surface area contributed by atoms with Crippen LogP contribution in [-0.4, -0.2) is 9.55 Å². The summed E-state index contributed by atoms with van der Waals surface area (Å²) in [6.45, 7) is 3.28. The molecule has 0 spiro atoms. The lowest BCUT2D eigenvalue weighted by Crippen LogP contribution is -2.05. The van der Waals surface area contributed by atoms with Crippen LogP contribution in [0.2, 0.25) is 5.02 Å². The zero-order valence-corrected chi connectivity index (χ0v) is 10.7. The molecule has 0 bridgehead atoms. The molecule has 1 aromatic heterocycles. The SMILES string of the molecule is CCn1ccnc1COc1ccc(C#N)c(Cl)c1. The Hall–Kier alpha value is -1.99. The normalized spacial score (nSPS) is 10.1. The number of aromatic nitrogens is 2. The van der Waals surface area contributed by atoms with Gasteiger partial charge in [0.15, 0.2) is 0 Å². The molecule has 5 heteroatoms. The van der Waals surface area contributed by atoms with Gasteiger partial charge in [-0.15, -0.1) is 0 Å². The molecule has 4 nitrogen and oxygen atoms in total. The van der Waals surface area contributed by atoms with Crippen LogP contribution in [0.5, 0.6) is 5.75 Å². The maximum absolute atomic E-state index is 8.77. The molecule has 1 aromatic carbocycles. The van der Waals surface area contributed by atoms with E-state index in [0.29, 0.717) is 22.9 Å². The fraction of sp³-hybridized carbons (Fsp3) is 0.231. The predicted molar refractivity (Wildman–Crippen MR) is 68.4 cm³/mol. The highest BCUT2D eigenvalue weighted by molar-refractivity contribution is 6.31. The number of nitrogens with zero attached hydrogens (tertiary/aromatic N) is 3. The van der Waals surface area contributed by atoms with Crippen molar-refractivity contribution in [3.8, 4) is 11.8 Å². The van der Waals surface area contributed by atoms with Crippen molar-refractivity contribution in [3.63, 3.8) is 0 Å². The average Bonchev–Trinajstić information content (AvgIpc) is 2.84. The molecule has 18 heavy (non-hydrogen) atoms. The van der Waals surface area contributed by atoms with Crippen molar-refractivity contribution >= 4 is 11.6 Å². The van der Waals surface area contributed by atoms with E-state index in [-0.39, 0.29) is 0 Å². The highest BCUT2D eigenvalue weighted by Crippen LogP contribution is 2.22. The van der Waals surface area contributed by atoms with Crippen molar-refractivity contribution in [1.29, 1.82) is 5.26 Å². The van der Waals surface area contributed by atoms with Gasteiger partial charge in [0.2, 0.25) is 0 Å². The van der Waals surface area contributed by atoms with Gasteiger partial charge in [-0.3, -0.25) is 0 Å². The van der Waals surface area contributed by atoms with E-state index in [9.17, 15) is 0 Å². The lowest BCUT2D eigenvalue weighted by Gasteiger charge is -2.08. The zero-order valence-electron chi connectivity index (χ0n) is 9.93. The summed E-state index contributed by atoms with van der Waals surface area (Å²) < 4.78 is 7.60. The van der Waals surface area contributed by atoms with Crippen LogP contribution in [-0.2, 0) is 13.2 Å². The Balaban J connectivity index is 2.07. The van der Waals surface area contributed by atoms with Gasteiger partial charge >= 0.3 is 0 Å². The number of hydrogen-bond donors (Lipinski definition) is 0. The highest BCUT2D eigenvalue weighted by atomic mass is 35.5. The van der Waals surface area contributed by atoms with Crippen molar-refractivity contribution in [2.24, 2.45) is 0 Å². The molecule has 0 unspecified atom stereocenters. The third-order valence-electron chi connectivity index (χ3n) is 2.57. The van der Waals surface area contributed by atoms with E-state index >= 15 is 0 Å². The first-order valence-electron chi connectivity index (χ1n) is 5.57. The number of benzene rings is 1. The Morgan fingerprint density at radius 1 is 1.50 bits per heavy atom. The predicted octanol–water partition coefficient (Wildman–Crippen LogP) is 3.01. The number of ether oxygens (including phenoxy) is 1. The molecule has 0 saturated carbocycles. The maximum Gasteiger partial charge on any atom is 0.146 e. The molecule has 0 aliphatic heterocycles. The van der Waals surface area contributed by atoms with Gasteiger partial charge in [-0.2, -0.15) is 5.26 Å². The summed E-state index contributed by atoms with van der Waals surface area (Å²) in [5.74, 6) is 1.49. The van der Waals surface area contributed by atoms with E-state index in [1.807, 2.05) is 23.8 Å². The van der Waals surface area contributed by atoms with Crippen molar-refractivity contribution in [2.75, 3.05) is 0 Å². The van der Waals surface area contributed by atoms with Gasteiger partial charge in [0.25, 0.3) is 0 Å². The smallest absolute Gasteiger partial charge is 0.146 e. The Labute approximate surface area is 110 Å². The van der Waals surface area contributed by atoms with Crippen molar-refractivity contribution in [1.82, 2.24) is 9.55 Å². The van der Waals surface area contributed by atoms with Gasteiger partial charge in [0.1, 0.15) is 24.3 Å². The van der Waals surface area contributed by atoms with Crippen LogP contribution >= 0.6 is 11.6 Å². The van der Waals surface area contributed by atoms with Crippen LogP contribution < -0.4 is 4.74 Å². The summed E-state index contributed by atoms with van der Waals surface area (Å²) in [7, 11) is 0. The summed E-state index contributed by atoms with van der Waals surface area (Å²) in [4.78, 5) is 4.21. The van der Waals surface area contributed by atoms with Crippen LogP contribution in [0, 0.1) is 11.3 Å². The fourth-order valence-corrected chi connectivity index (χ4v) is 1.81. The molecule has 0 atom stereocenters. The summed E-state index contributed by atoms with van der Waals surface area (Å²) >= 11 is 5.93. The summed E-state index contributed by atoms with van der Waals surface area (Å²) in [6.07, 6.45) is 3.65. The quantitative estimate of drug-likeness (QED) is 0.850. The molecular weight excluding hydrogens is 250 g/mol. The lowest BCUT2D eigenvalue weighted by molar-refractivity contribution is 0.290. The summed E-state index contributed by atoms with van der Waals surface area (Å²) in [6, 6.07) is 7.01. The van der Waals surface area contributed by atoms with E-state index in [1.165, 1.54) is 0 Å². The van der Waals surface area contributed by atoms with Crippen molar-refractivity contribution in [3.05, 3.63) is 47.0 Å². The molecule has 0 amide bonds. The molecule has 0 aliphatic rings. The van der Waals surface area contributed by atoms with E-state index in [2.05, 4.69) is 4.98 Å². The standard InChI is InChI=1S/C13H12ClN3O/c1-2-17-6-5-16-13(17)9-18-11-4-3-10(8-15)12(14)7-11/h3-7H,2,9H2,1H3. The fourth-order valence-electron chi connectivity index (χ4n) is 1.59. The van der Waals surface area contributed by atoms with Gasteiger partial charge < -0.3 is 9.30 Å². The van der Waals surface area contributed by atoms with Gasteiger partial charge in [-0.1, -0.05) is 11.6 Å². The Bertz CT molecular complexity index is 586. The van der Waals surface area contributed by atoms with Crippen molar-refractivity contribution in [2.45, 2.75) is 20.1 Å². The minimum Gasteiger partial charge on any atom is -0.486 e. The van der Waals surface area contributed by atoms with E-state index in [0.717, 1.165) is 12.4 Å². The molecule has 1 heterocycles. The second kappa shape index (κ2) is 5.56. The van der Waals surface area contributed by atoms with Gasteiger partial charge in [0, 0.05) is 25.0 Å². The van der Waals surface area contributed by atoms with Gasteiger partial charge in [-0.25, -0.2) is 4.98 Å². The molecule has 0 radical (unpaired) electrons.